The maximum Gasteiger partial charge on any atom is 0.258 e. The normalized spacial score (nSPS) is 13.6. The SMILES string of the molecule is CCN1C(=O)c2cccc3c(S(=O)Nc4ccc(NC(C)=O)cc4)ccc1c23. The molecule has 7 heteroatoms. The minimum atomic E-state index is -1.51. The van der Waals surface area contributed by atoms with Gasteiger partial charge in [0.1, 0.15) is 0 Å². The molecule has 1 heterocycles. The summed E-state index contributed by atoms with van der Waals surface area (Å²) in [5.41, 5.74) is 2.85. The summed E-state index contributed by atoms with van der Waals surface area (Å²) in [6.07, 6.45) is 0. The van der Waals surface area contributed by atoms with E-state index in [0.29, 0.717) is 28.4 Å². The van der Waals surface area contributed by atoms with Crippen LogP contribution in [0.4, 0.5) is 17.1 Å². The lowest BCUT2D eigenvalue weighted by Crippen LogP contribution is -2.25. The van der Waals surface area contributed by atoms with E-state index in [1.54, 1.807) is 35.2 Å². The summed E-state index contributed by atoms with van der Waals surface area (Å²) < 4.78 is 16.0. The Morgan fingerprint density at radius 3 is 2.43 bits per heavy atom. The zero-order valence-corrected chi connectivity index (χ0v) is 16.3. The third kappa shape index (κ3) is 3.03. The van der Waals surface area contributed by atoms with Crippen LogP contribution in [0.5, 0.6) is 0 Å². The van der Waals surface area contributed by atoms with Gasteiger partial charge in [0.05, 0.1) is 10.6 Å². The van der Waals surface area contributed by atoms with Crippen LogP contribution in [0, 0.1) is 0 Å². The highest BCUT2D eigenvalue weighted by atomic mass is 32.2. The summed E-state index contributed by atoms with van der Waals surface area (Å²) >= 11 is 0. The zero-order valence-electron chi connectivity index (χ0n) is 15.5. The third-order valence-electron chi connectivity index (χ3n) is 4.68. The maximum atomic E-state index is 13.0. The van der Waals surface area contributed by atoms with Crippen LogP contribution in [-0.4, -0.2) is 22.6 Å². The average Bonchev–Trinajstić information content (AvgIpc) is 2.96. The lowest BCUT2D eigenvalue weighted by Gasteiger charge is -2.15. The van der Waals surface area contributed by atoms with E-state index in [2.05, 4.69) is 10.0 Å². The minimum absolute atomic E-state index is 0.0208. The molecule has 28 heavy (non-hydrogen) atoms. The van der Waals surface area contributed by atoms with Crippen molar-refractivity contribution in [3.8, 4) is 0 Å². The van der Waals surface area contributed by atoms with Crippen LogP contribution in [0.3, 0.4) is 0 Å². The molecule has 3 aromatic rings. The highest BCUT2D eigenvalue weighted by molar-refractivity contribution is 7.86. The first-order valence-electron chi connectivity index (χ1n) is 8.93. The van der Waals surface area contributed by atoms with Crippen molar-refractivity contribution in [2.24, 2.45) is 0 Å². The molecular formula is C21H19N3O3S. The molecule has 1 aliphatic heterocycles. The first-order valence-corrected chi connectivity index (χ1v) is 10.1. The summed E-state index contributed by atoms with van der Waals surface area (Å²) in [5.74, 6) is -0.166. The first kappa shape index (κ1) is 18.2. The number of anilines is 3. The van der Waals surface area contributed by atoms with Crippen LogP contribution in [-0.2, 0) is 15.8 Å². The molecule has 0 radical (unpaired) electrons. The Bertz CT molecular complexity index is 1130. The van der Waals surface area contributed by atoms with Crippen molar-refractivity contribution in [2.75, 3.05) is 21.5 Å². The second-order valence-electron chi connectivity index (χ2n) is 6.49. The number of rotatable bonds is 5. The zero-order chi connectivity index (χ0) is 19.8. The van der Waals surface area contributed by atoms with E-state index in [4.69, 9.17) is 0 Å². The molecule has 2 N–H and O–H groups in total. The molecule has 1 atom stereocenters. The van der Waals surface area contributed by atoms with Crippen molar-refractivity contribution in [1.82, 2.24) is 0 Å². The molecule has 0 bridgehead atoms. The smallest absolute Gasteiger partial charge is 0.258 e. The van der Waals surface area contributed by atoms with E-state index in [-0.39, 0.29) is 11.8 Å². The average molecular weight is 393 g/mol. The van der Waals surface area contributed by atoms with Crippen molar-refractivity contribution in [2.45, 2.75) is 18.7 Å². The number of benzene rings is 3. The topological polar surface area (TPSA) is 78.5 Å². The first-order chi connectivity index (χ1) is 13.5. The van der Waals surface area contributed by atoms with Gasteiger partial charge in [0.2, 0.25) is 5.91 Å². The Balaban J connectivity index is 1.67. The van der Waals surface area contributed by atoms with Gasteiger partial charge >= 0.3 is 0 Å². The quantitative estimate of drug-likeness (QED) is 0.690. The van der Waals surface area contributed by atoms with Gasteiger partial charge in [-0.2, -0.15) is 0 Å². The number of carbonyl (C=O) groups is 2. The fraction of sp³-hybridized carbons (Fsp3) is 0.143. The van der Waals surface area contributed by atoms with Gasteiger partial charge in [0, 0.05) is 41.2 Å². The molecular weight excluding hydrogens is 374 g/mol. The van der Waals surface area contributed by atoms with Crippen molar-refractivity contribution in [3.05, 3.63) is 60.2 Å². The van der Waals surface area contributed by atoms with Crippen LogP contribution < -0.4 is 14.9 Å². The van der Waals surface area contributed by atoms with E-state index in [9.17, 15) is 13.8 Å². The predicted molar refractivity (Wildman–Crippen MR) is 112 cm³/mol. The van der Waals surface area contributed by atoms with Crippen molar-refractivity contribution < 1.29 is 13.8 Å². The van der Waals surface area contributed by atoms with Gasteiger partial charge in [-0.25, -0.2) is 4.21 Å². The summed E-state index contributed by atoms with van der Waals surface area (Å²) in [6, 6.07) is 16.2. The molecule has 3 aromatic carbocycles. The van der Waals surface area contributed by atoms with Crippen molar-refractivity contribution >= 4 is 50.6 Å². The summed E-state index contributed by atoms with van der Waals surface area (Å²) in [6.45, 7) is 3.97. The van der Waals surface area contributed by atoms with Crippen LogP contribution >= 0.6 is 0 Å². The van der Waals surface area contributed by atoms with Gasteiger partial charge in [0.25, 0.3) is 5.91 Å². The summed E-state index contributed by atoms with van der Waals surface area (Å²) in [4.78, 5) is 26.1. The van der Waals surface area contributed by atoms with Crippen molar-refractivity contribution in [3.63, 3.8) is 0 Å². The minimum Gasteiger partial charge on any atom is -0.326 e. The number of nitrogens with one attached hydrogen (secondary N) is 2. The molecule has 0 saturated carbocycles. The van der Waals surface area contributed by atoms with Crippen LogP contribution in [0.2, 0.25) is 0 Å². The molecule has 0 aliphatic carbocycles. The molecule has 2 amide bonds. The molecule has 0 fully saturated rings. The van der Waals surface area contributed by atoms with E-state index in [1.807, 2.05) is 31.2 Å². The maximum absolute atomic E-state index is 13.0. The second-order valence-corrected chi connectivity index (χ2v) is 7.67. The van der Waals surface area contributed by atoms with E-state index >= 15 is 0 Å². The number of amides is 2. The van der Waals surface area contributed by atoms with Gasteiger partial charge in [-0.1, -0.05) is 12.1 Å². The fourth-order valence-corrected chi connectivity index (χ4v) is 4.50. The van der Waals surface area contributed by atoms with E-state index < -0.39 is 11.0 Å². The molecule has 0 saturated heterocycles. The second kappa shape index (κ2) is 7.09. The van der Waals surface area contributed by atoms with Gasteiger partial charge < -0.3 is 14.9 Å². The Labute approximate surface area is 165 Å². The molecule has 4 rings (SSSR count). The summed E-state index contributed by atoms with van der Waals surface area (Å²) in [5, 5.41) is 4.35. The predicted octanol–water partition coefficient (Wildman–Crippen LogP) is 3.91. The molecule has 0 spiro atoms. The van der Waals surface area contributed by atoms with Gasteiger partial charge in [-0.15, -0.1) is 0 Å². The monoisotopic (exact) mass is 393 g/mol. The number of nitrogens with zero attached hydrogens (tertiary/aromatic N) is 1. The standard InChI is InChI=1S/C21H19N3O3S/c1-3-24-18-11-12-19(16-5-4-6-17(20(16)18)21(24)26)28(27)23-15-9-7-14(8-10-15)22-13(2)25/h4-12,23H,3H2,1-2H3,(H,22,25). The Morgan fingerprint density at radius 1 is 1.04 bits per heavy atom. The van der Waals surface area contributed by atoms with Crippen LogP contribution in [0.15, 0.2) is 59.5 Å². The van der Waals surface area contributed by atoms with E-state index in [0.717, 1.165) is 16.5 Å². The fourth-order valence-electron chi connectivity index (χ4n) is 3.48. The molecule has 1 unspecified atom stereocenters. The molecule has 142 valence electrons. The summed E-state index contributed by atoms with van der Waals surface area (Å²) in [7, 11) is -1.51. The number of carbonyl (C=O) groups excluding carboxylic acids is 2. The van der Waals surface area contributed by atoms with E-state index in [1.165, 1.54) is 6.92 Å². The Morgan fingerprint density at radius 2 is 1.75 bits per heavy atom. The Kier molecular flexibility index (Phi) is 4.60. The number of hydrogen-bond donors (Lipinski definition) is 2. The van der Waals surface area contributed by atoms with Crippen molar-refractivity contribution in [1.29, 1.82) is 0 Å². The molecule has 0 aromatic heterocycles. The lowest BCUT2D eigenvalue weighted by atomic mass is 10.1. The van der Waals surface area contributed by atoms with Crippen LogP contribution in [0.1, 0.15) is 24.2 Å². The molecule has 1 aliphatic rings. The highest BCUT2D eigenvalue weighted by Crippen LogP contribution is 2.39. The Hall–Kier alpha value is -3.19. The van der Waals surface area contributed by atoms with Gasteiger partial charge in [-0.3, -0.25) is 9.59 Å². The highest BCUT2D eigenvalue weighted by Gasteiger charge is 2.29. The molecule has 6 nitrogen and oxygen atoms in total. The van der Waals surface area contributed by atoms with Crippen LogP contribution in [0.25, 0.3) is 10.8 Å². The third-order valence-corrected chi connectivity index (χ3v) is 5.85. The van der Waals surface area contributed by atoms with Gasteiger partial charge in [-0.05, 0) is 49.4 Å². The van der Waals surface area contributed by atoms with Gasteiger partial charge in [0.15, 0.2) is 11.0 Å². The lowest BCUT2D eigenvalue weighted by molar-refractivity contribution is -0.114. The largest absolute Gasteiger partial charge is 0.326 e. The number of hydrogen-bond acceptors (Lipinski definition) is 3.